The van der Waals surface area contributed by atoms with E-state index in [-0.39, 0.29) is 6.42 Å². The Morgan fingerprint density at radius 2 is 2.11 bits per heavy atom. The average Bonchev–Trinajstić information content (AvgIpc) is 2.78. The number of aryl methyl sites for hydroxylation is 1. The largest absolute Gasteiger partial charge is 0.481 e. The predicted octanol–water partition coefficient (Wildman–Crippen LogP) is 0.524. The number of nitrogens with zero attached hydrogens (tertiary/aromatic N) is 5. The summed E-state index contributed by atoms with van der Waals surface area (Å²) in [6, 6.07) is 3.80. The van der Waals surface area contributed by atoms with Gasteiger partial charge in [0, 0.05) is 31.8 Å². The molecule has 94 valence electrons. The molecular weight excluding hydrogens is 234 g/mol. The Morgan fingerprint density at radius 1 is 1.33 bits per heavy atom. The van der Waals surface area contributed by atoms with Gasteiger partial charge >= 0.3 is 5.97 Å². The molecule has 0 bridgehead atoms. The van der Waals surface area contributed by atoms with Gasteiger partial charge in [-0.25, -0.2) is 4.68 Å². The Labute approximate surface area is 103 Å². The van der Waals surface area contributed by atoms with Crippen molar-refractivity contribution in [3.05, 3.63) is 35.9 Å². The standard InChI is InChI=1S/C11H13N5O2/c17-11(18)2-1-7-16-10(13-14-15-16)8-9-3-5-12-6-4-9/h3-6H,1-2,7-8H2,(H,17,18). The normalized spacial score (nSPS) is 10.4. The van der Waals surface area contributed by atoms with Gasteiger partial charge < -0.3 is 5.11 Å². The van der Waals surface area contributed by atoms with Crippen molar-refractivity contribution in [1.82, 2.24) is 25.2 Å². The molecule has 0 amide bonds. The maximum Gasteiger partial charge on any atom is 0.303 e. The van der Waals surface area contributed by atoms with Crippen LogP contribution in [0.15, 0.2) is 24.5 Å². The van der Waals surface area contributed by atoms with Gasteiger partial charge in [-0.1, -0.05) is 0 Å². The Kier molecular flexibility index (Phi) is 3.95. The van der Waals surface area contributed by atoms with Crippen LogP contribution in [-0.4, -0.2) is 36.3 Å². The Balaban J connectivity index is 1.97. The molecule has 2 aromatic rings. The fourth-order valence-electron chi connectivity index (χ4n) is 1.59. The molecule has 18 heavy (non-hydrogen) atoms. The minimum absolute atomic E-state index is 0.120. The first-order chi connectivity index (χ1) is 8.75. The lowest BCUT2D eigenvalue weighted by Gasteiger charge is -2.03. The fraction of sp³-hybridized carbons (Fsp3) is 0.364. The van der Waals surface area contributed by atoms with Gasteiger partial charge in [0.2, 0.25) is 0 Å². The molecule has 0 aliphatic rings. The van der Waals surface area contributed by atoms with Crippen molar-refractivity contribution in [3.63, 3.8) is 0 Å². The number of carboxylic acids is 1. The Morgan fingerprint density at radius 3 is 2.83 bits per heavy atom. The van der Waals surface area contributed by atoms with Crippen LogP contribution >= 0.6 is 0 Å². The van der Waals surface area contributed by atoms with Crippen LogP contribution in [0.5, 0.6) is 0 Å². The third kappa shape index (κ3) is 3.34. The molecule has 0 aliphatic heterocycles. The summed E-state index contributed by atoms with van der Waals surface area (Å²) in [6.45, 7) is 0.514. The van der Waals surface area contributed by atoms with E-state index in [1.807, 2.05) is 12.1 Å². The summed E-state index contributed by atoms with van der Waals surface area (Å²) in [4.78, 5) is 14.4. The zero-order valence-electron chi connectivity index (χ0n) is 9.73. The lowest BCUT2D eigenvalue weighted by Crippen LogP contribution is -2.08. The van der Waals surface area contributed by atoms with Gasteiger partial charge in [-0.15, -0.1) is 5.10 Å². The molecule has 0 saturated heterocycles. The molecule has 0 aromatic carbocycles. The van der Waals surface area contributed by atoms with Crippen LogP contribution in [0.2, 0.25) is 0 Å². The zero-order chi connectivity index (χ0) is 12.8. The SMILES string of the molecule is O=C(O)CCCn1nnnc1Cc1ccncc1. The first-order valence-corrected chi connectivity index (χ1v) is 5.61. The predicted molar refractivity (Wildman–Crippen MR) is 61.7 cm³/mol. The lowest BCUT2D eigenvalue weighted by molar-refractivity contribution is -0.137. The molecule has 0 unspecified atom stereocenters. The molecule has 0 aliphatic carbocycles. The van der Waals surface area contributed by atoms with Crippen LogP contribution < -0.4 is 0 Å². The second-order valence-corrected chi connectivity index (χ2v) is 3.85. The number of carboxylic acid groups (broad SMARTS) is 1. The molecule has 7 nitrogen and oxygen atoms in total. The number of tetrazole rings is 1. The summed E-state index contributed by atoms with van der Waals surface area (Å²) in [6.07, 6.45) is 4.68. The van der Waals surface area contributed by atoms with Crippen LogP contribution in [-0.2, 0) is 17.8 Å². The quantitative estimate of drug-likeness (QED) is 0.800. The molecule has 0 atom stereocenters. The van der Waals surface area contributed by atoms with Crippen molar-refractivity contribution < 1.29 is 9.90 Å². The van der Waals surface area contributed by atoms with Crippen LogP contribution in [0.1, 0.15) is 24.2 Å². The van der Waals surface area contributed by atoms with E-state index < -0.39 is 5.97 Å². The van der Waals surface area contributed by atoms with Gasteiger partial charge in [-0.3, -0.25) is 9.78 Å². The van der Waals surface area contributed by atoms with E-state index in [2.05, 4.69) is 20.5 Å². The number of rotatable bonds is 6. The topological polar surface area (TPSA) is 93.8 Å². The Hall–Kier alpha value is -2.31. The van der Waals surface area contributed by atoms with Gasteiger partial charge in [0.05, 0.1) is 0 Å². The van der Waals surface area contributed by atoms with Crippen LogP contribution in [0.3, 0.4) is 0 Å². The highest BCUT2D eigenvalue weighted by atomic mass is 16.4. The number of pyridine rings is 1. The molecule has 0 radical (unpaired) electrons. The Bertz CT molecular complexity index is 511. The van der Waals surface area contributed by atoms with E-state index >= 15 is 0 Å². The first kappa shape index (κ1) is 12.2. The highest BCUT2D eigenvalue weighted by Crippen LogP contribution is 2.05. The van der Waals surface area contributed by atoms with Crippen LogP contribution in [0.4, 0.5) is 0 Å². The van der Waals surface area contributed by atoms with Crippen molar-refractivity contribution in [2.24, 2.45) is 0 Å². The maximum atomic E-state index is 10.4. The highest BCUT2D eigenvalue weighted by Gasteiger charge is 2.07. The van der Waals surface area contributed by atoms with Crippen molar-refractivity contribution in [1.29, 1.82) is 0 Å². The average molecular weight is 247 g/mol. The number of hydrogen-bond acceptors (Lipinski definition) is 5. The smallest absolute Gasteiger partial charge is 0.303 e. The van der Waals surface area contributed by atoms with E-state index in [9.17, 15) is 4.79 Å². The summed E-state index contributed by atoms with van der Waals surface area (Å²) in [5.41, 5.74) is 1.07. The van der Waals surface area contributed by atoms with E-state index in [1.54, 1.807) is 17.1 Å². The maximum absolute atomic E-state index is 10.4. The van der Waals surface area contributed by atoms with Gasteiger partial charge in [0.1, 0.15) is 0 Å². The summed E-state index contributed by atoms with van der Waals surface area (Å²) in [5.74, 6) is -0.0784. The summed E-state index contributed by atoms with van der Waals surface area (Å²) in [5, 5.41) is 20.0. The van der Waals surface area contributed by atoms with Gasteiger partial charge in [-0.05, 0) is 34.5 Å². The highest BCUT2D eigenvalue weighted by molar-refractivity contribution is 5.66. The van der Waals surface area contributed by atoms with E-state index in [1.165, 1.54) is 0 Å². The zero-order valence-corrected chi connectivity index (χ0v) is 9.73. The molecule has 0 fully saturated rings. The molecule has 1 N–H and O–H groups in total. The minimum Gasteiger partial charge on any atom is -0.481 e. The van der Waals surface area contributed by atoms with Crippen molar-refractivity contribution >= 4 is 5.97 Å². The number of aromatic nitrogens is 5. The second kappa shape index (κ2) is 5.85. The minimum atomic E-state index is -0.807. The second-order valence-electron chi connectivity index (χ2n) is 3.85. The summed E-state index contributed by atoms with van der Waals surface area (Å²) < 4.78 is 1.64. The van der Waals surface area contributed by atoms with E-state index in [0.717, 1.165) is 11.4 Å². The van der Waals surface area contributed by atoms with Crippen molar-refractivity contribution in [2.45, 2.75) is 25.8 Å². The molecule has 0 saturated carbocycles. The fourth-order valence-corrected chi connectivity index (χ4v) is 1.59. The van der Waals surface area contributed by atoms with E-state index in [0.29, 0.717) is 19.4 Å². The molecule has 2 aromatic heterocycles. The van der Waals surface area contributed by atoms with Crippen molar-refractivity contribution in [2.75, 3.05) is 0 Å². The van der Waals surface area contributed by atoms with Crippen LogP contribution in [0.25, 0.3) is 0 Å². The molecule has 2 heterocycles. The number of hydrogen-bond donors (Lipinski definition) is 1. The monoisotopic (exact) mass is 247 g/mol. The molecular formula is C11H13N5O2. The summed E-state index contributed by atoms with van der Waals surface area (Å²) >= 11 is 0. The molecule has 0 spiro atoms. The van der Waals surface area contributed by atoms with Gasteiger partial charge in [-0.2, -0.15) is 0 Å². The number of carbonyl (C=O) groups is 1. The number of aliphatic carboxylic acids is 1. The lowest BCUT2D eigenvalue weighted by atomic mass is 10.2. The molecule has 2 rings (SSSR count). The third-order valence-corrected chi connectivity index (χ3v) is 2.48. The van der Waals surface area contributed by atoms with Gasteiger partial charge in [0.15, 0.2) is 5.82 Å². The summed E-state index contributed by atoms with van der Waals surface area (Å²) in [7, 11) is 0. The van der Waals surface area contributed by atoms with Crippen LogP contribution in [0, 0.1) is 0 Å². The van der Waals surface area contributed by atoms with E-state index in [4.69, 9.17) is 5.11 Å². The van der Waals surface area contributed by atoms with Crippen molar-refractivity contribution in [3.8, 4) is 0 Å². The first-order valence-electron chi connectivity index (χ1n) is 5.61. The molecule has 7 heteroatoms. The third-order valence-electron chi connectivity index (χ3n) is 2.48. The van der Waals surface area contributed by atoms with Gasteiger partial charge in [0.25, 0.3) is 0 Å².